The molecule has 0 radical (unpaired) electrons. The quantitative estimate of drug-likeness (QED) is 0.432. The van der Waals surface area contributed by atoms with E-state index in [2.05, 4.69) is 30.1 Å². The zero-order valence-electron chi connectivity index (χ0n) is 19.5. The lowest BCUT2D eigenvalue weighted by atomic mass is 10.1. The lowest BCUT2D eigenvalue weighted by Gasteiger charge is -2.26. The van der Waals surface area contributed by atoms with Crippen LogP contribution >= 0.6 is 11.8 Å². The van der Waals surface area contributed by atoms with Crippen molar-refractivity contribution in [3.8, 4) is 5.69 Å². The van der Waals surface area contributed by atoms with Crippen LogP contribution in [0.1, 0.15) is 31.9 Å². The van der Waals surface area contributed by atoms with E-state index in [9.17, 15) is 9.59 Å². The van der Waals surface area contributed by atoms with Gasteiger partial charge in [-0.05, 0) is 72.0 Å². The van der Waals surface area contributed by atoms with Crippen LogP contribution in [0, 0.1) is 13.8 Å². The number of esters is 1. The van der Waals surface area contributed by atoms with Crippen LogP contribution in [0.15, 0.2) is 29.7 Å². The number of rotatable bonds is 9. The highest BCUT2D eigenvalue weighted by Gasteiger charge is 2.23. The van der Waals surface area contributed by atoms with Gasteiger partial charge in [-0.2, -0.15) is 0 Å². The maximum absolute atomic E-state index is 12.9. The second-order valence-electron chi connectivity index (χ2n) is 8.75. The van der Waals surface area contributed by atoms with E-state index in [4.69, 9.17) is 4.74 Å². The zero-order valence-corrected chi connectivity index (χ0v) is 20.3. The van der Waals surface area contributed by atoms with E-state index in [0.717, 1.165) is 5.69 Å². The SMILES string of the molecule is Cc1ccc(-n2cnnc2SCC(=O)N(CCN(C)C)CC(=O)OC(C)(C)C)cc1C. The van der Waals surface area contributed by atoms with Crippen LogP contribution in [0.5, 0.6) is 0 Å². The average Bonchev–Trinajstić information content (AvgIpc) is 3.12. The molecule has 0 spiro atoms. The van der Waals surface area contributed by atoms with Crippen LogP contribution in [-0.2, 0) is 14.3 Å². The number of thioether (sulfide) groups is 1. The van der Waals surface area contributed by atoms with E-state index in [1.807, 2.05) is 56.5 Å². The van der Waals surface area contributed by atoms with E-state index in [0.29, 0.717) is 18.2 Å². The Kier molecular flexibility index (Phi) is 8.64. The number of amides is 1. The van der Waals surface area contributed by atoms with Crippen molar-refractivity contribution in [3.05, 3.63) is 35.7 Å². The first kappa shape index (κ1) is 24.9. The molecule has 170 valence electrons. The maximum atomic E-state index is 12.9. The fourth-order valence-corrected chi connectivity index (χ4v) is 3.57. The molecule has 8 nitrogen and oxygen atoms in total. The molecule has 0 saturated carbocycles. The van der Waals surface area contributed by atoms with Crippen molar-refractivity contribution < 1.29 is 14.3 Å². The monoisotopic (exact) mass is 447 g/mol. The smallest absolute Gasteiger partial charge is 0.326 e. The predicted octanol–water partition coefficient (Wildman–Crippen LogP) is 2.71. The fraction of sp³-hybridized carbons (Fsp3) is 0.545. The molecule has 1 heterocycles. The van der Waals surface area contributed by atoms with Crippen molar-refractivity contribution in [2.75, 3.05) is 39.5 Å². The van der Waals surface area contributed by atoms with Gasteiger partial charge in [0.2, 0.25) is 5.91 Å². The number of nitrogens with zero attached hydrogens (tertiary/aromatic N) is 5. The molecule has 0 N–H and O–H groups in total. The van der Waals surface area contributed by atoms with Crippen molar-refractivity contribution in [1.29, 1.82) is 0 Å². The van der Waals surface area contributed by atoms with Crippen LogP contribution in [0.25, 0.3) is 5.69 Å². The number of hydrogen-bond acceptors (Lipinski definition) is 7. The first-order valence-corrected chi connectivity index (χ1v) is 11.2. The zero-order chi connectivity index (χ0) is 23.2. The molecule has 31 heavy (non-hydrogen) atoms. The summed E-state index contributed by atoms with van der Waals surface area (Å²) in [5, 5.41) is 8.80. The van der Waals surface area contributed by atoms with E-state index in [1.165, 1.54) is 27.8 Å². The van der Waals surface area contributed by atoms with Crippen molar-refractivity contribution in [2.24, 2.45) is 0 Å². The third-order valence-corrected chi connectivity index (χ3v) is 5.45. The lowest BCUT2D eigenvalue weighted by Crippen LogP contribution is -2.42. The van der Waals surface area contributed by atoms with Gasteiger partial charge in [-0.25, -0.2) is 0 Å². The number of ether oxygens (including phenoxy) is 1. The number of carbonyl (C=O) groups excluding carboxylic acids is 2. The first-order chi connectivity index (χ1) is 14.5. The van der Waals surface area contributed by atoms with Crippen LogP contribution in [0.4, 0.5) is 0 Å². The van der Waals surface area contributed by atoms with Gasteiger partial charge >= 0.3 is 5.97 Å². The Morgan fingerprint density at radius 1 is 1.13 bits per heavy atom. The maximum Gasteiger partial charge on any atom is 0.326 e. The van der Waals surface area contributed by atoms with Crippen LogP contribution in [0.3, 0.4) is 0 Å². The number of hydrogen-bond donors (Lipinski definition) is 0. The molecule has 1 aromatic carbocycles. The number of aromatic nitrogens is 3. The lowest BCUT2D eigenvalue weighted by molar-refractivity contribution is -0.158. The highest BCUT2D eigenvalue weighted by molar-refractivity contribution is 7.99. The van der Waals surface area contributed by atoms with Gasteiger partial charge in [0.05, 0.1) is 5.75 Å². The number of benzene rings is 1. The minimum absolute atomic E-state index is 0.0750. The molecule has 1 aromatic heterocycles. The molecule has 0 bridgehead atoms. The third-order valence-electron chi connectivity index (χ3n) is 4.52. The third kappa shape index (κ3) is 7.99. The fourth-order valence-electron chi connectivity index (χ4n) is 2.74. The Bertz CT molecular complexity index is 905. The Morgan fingerprint density at radius 2 is 1.84 bits per heavy atom. The number of aryl methyl sites for hydroxylation is 2. The molecule has 0 aliphatic heterocycles. The van der Waals surface area contributed by atoms with Crippen molar-refractivity contribution in [2.45, 2.75) is 45.4 Å². The van der Waals surface area contributed by atoms with Crippen LogP contribution in [-0.4, -0.2) is 81.5 Å². The van der Waals surface area contributed by atoms with Crippen LogP contribution < -0.4 is 0 Å². The molecule has 0 unspecified atom stereocenters. The highest BCUT2D eigenvalue weighted by atomic mass is 32.2. The van der Waals surface area contributed by atoms with E-state index in [-0.39, 0.29) is 18.2 Å². The molecule has 9 heteroatoms. The average molecular weight is 448 g/mol. The van der Waals surface area contributed by atoms with Crippen LogP contribution in [0.2, 0.25) is 0 Å². The molecular weight excluding hydrogens is 414 g/mol. The summed E-state index contributed by atoms with van der Waals surface area (Å²) in [6, 6.07) is 6.12. The summed E-state index contributed by atoms with van der Waals surface area (Å²) in [4.78, 5) is 28.7. The van der Waals surface area contributed by atoms with E-state index < -0.39 is 11.6 Å². The number of likely N-dealkylation sites (N-methyl/N-ethyl adjacent to an activating group) is 1. The normalized spacial score (nSPS) is 11.6. The summed E-state index contributed by atoms with van der Waals surface area (Å²) >= 11 is 1.30. The topological polar surface area (TPSA) is 80.6 Å². The largest absolute Gasteiger partial charge is 0.459 e. The summed E-state index contributed by atoms with van der Waals surface area (Å²) in [5.41, 5.74) is 2.73. The van der Waals surface area contributed by atoms with Gasteiger partial charge in [0.1, 0.15) is 18.5 Å². The van der Waals surface area contributed by atoms with E-state index >= 15 is 0 Å². The molecular formula is C22H33N5O3S. The molecule has 0 fully saturated rings. The molecule has 0 aliphatic carbocycles. The van der Waals surface area contributed by atoms with Gasteiger partial charge in [0, 0.05) is 18.8 Å². The Morgan fingerprint density at radius 3 is 2.45 bits per heavy atom. The molecule has 1 amide bonds. The Balaban J connectivity index is 2.07. The van der Waals surface area contributed by atoms with Gasteiger partial charge in [-0.1, -0.05) is 17.8 Å². The summed E-state index contributed by atoms with van der Waals surface area (Å²) in [6.07, 6.45) is 1.64. The second-order valence-corrected chi connectivity index (χ2v) is 9.69. The van der Waals surface area contributed by atoms with Gasteiger partial charge in [-0.15, -0.1) is 10.2 Å². The van der Waals surface area contributed by atoms with Crippen molar-refractivity contribution in [3.63, 3.8) is 0 Å². The van der Waals surface area contributed by atoms with Gasteiger partial charge < -0.3 is 14.5 Å². The predicted molar refractivity (Wildman–Crippen MR) is 123 cm³/mol. The molecule has 0 saturated heterocycles. The van der Waals surface area contributed by atoms with E-state index in [1.54, 1.807) is 6.33 Å². The summed E-state index contributed by atoms with van der Waals surface area (Å²) < 4.78 is 7.26. The standard InChI is InChI=1S/C22H33N5O3S/c1-16-8-9-18(12-17(16)2)27-15-23-24-21(27)31-14-19(28)26(11-10-25(6)7)13-20(29)30-22(3,4)5/h8-9,12,15H,10-11,13-14H2,1-7H3. The van der Waals surface area contributed by atoms with Gasteiger partial charge in [0.15, 0.2) is 5.16 Å². The first-order valence-electron chi connectivity index (χ1n) is 10.2. The van der Waals surface area contributed by atoms with Gasteiger partial charge in [-0.3, -0.25) is 14.2 Å². The molecule has 0 aliphatic rings. The molecule has 2 rings (SSSR count). The summed E-state index contributed by atoms with van der Waals surface area (Å²) in [6.45, 7) is 10.6. The Hall–Kier alpha value is -2.39. The minimum atomic E-state index is -0.593. The second kappa shape index (κ2) is 10.8. The van der Waals surface area contributed by atoms with Crippen molar-refractivity contribution in [1.82, 2.24) is 24.6 Å². The van der Waals surface area contributed by atoms with Gasteiger partial charge in [0.25, 0.3) is 0 Å². The molecule has 2 aromatic rings. The Labute approximate surface area is 189 Å². The number of carbonyl (C=O) groups is 2. The summed E-state index contributed by atoms with van der Waals surface area (Å²) in [5.74, 6) is -0.407. The minimum Gasteiger partial charge on any atom is -0.459 e. The highest BCUT2D eigenvalue weighted by Crippen LogP contribution is 2.21. The van der Waals surface area contributed by atoms with Crippen molar-refractivity contribution >= 4 is 23.6 Å². The molecule has 0 atom stereocenters. The summed E-state index contributed by atoms with van der Waals surface area (Å²) in [7, 11) is 3.85.